The highest BCUT2D eigenvalue weighted by atomic mass is 35.5. The van der Waals surface area contributed by atoms with Gasteiger partial charge >= 0.3 is 0 Å². The second kappa shape index (κ2) is 6.18. The summed E-state index contributed by atoms with van der Waals surface area (Å²) >= 11 is 12.3. The molecule has 0 aliphatic rings. The zero-order valence-electron chi connectivity index (χ0n) is 12.5. The Kier molecular flexibility index (Phi) is 4.24. The first-order chi connectivity index (χ1) is 11.0. The molecule has 5 nitrogen and oxygen atoms in total. The number of benzene rings is 2. The molecule has 3 aromatic rings. The van der Waals surface area contributed by atoms with Gasteiger partial charge in [0, 0.05) is 0 Å². The summed E-state index contributed by atoms with van der Waals surface area (Å²) in [5.41, 5.74) is 2.91. The van der Waals surface area contributed by atoms with Crippen LogP contribution in [0.4, 0.5) is 0 Å². The Balaban J connectivity index is 1.85. The van der Waals surface area contributed by atoms with Gasteiger partial charge in [0.1, 0.15) is 16.8 Å². The zero-order valence-corrected chi connectivity index (χ0v) is 14.0. The molecule has 0 aliphatic heterocycles. The van der Waals surface area contributed by atoms with Gasteiger partial charge in [-0.15, -0.1) is 5.10 Å². The van der Waals surface area contributed by atoms with Crippen molar-refractivity contribution in [3.8, 4) is 5.75 Å². The molecular formula is C16H13Cl2N3O2. The van der Waals surface area contributed by atoms with Crippen LogP contribution in [-0.4, -0.2) is 27.5 Å². The molecule has 0 saturated carbocycles. The number of ether oxygens (including phenoxy) is 1. The van der Waals surface area contributed by atoms with Crippen LogP contribution in [0.1, 0.15) is 15.9 Å². The quantitative estimate of drug-likeness (QED) is 0.714. The molecule has 0 spiro atoms. The maximum absolute atomic E-state index is 12.4. The van der Waals surface area contributed by atoms with Crippen LogP contribution < -0.4 is 4.74 Å². The van der Waals surface area contributed by atoms with E-state index in [-0.39, 0.29) is 12.5 Å². The second-order valence-corrected chi connectivity index (χ2v) is 6.00. The Morgan fingerprint density at radius 2 is 2.00 bits per heavy atom. The summed E-state index contributed by atoms with van der Waals surface area (Å²) < 4.78 is 6.73. The molecule has 7 heteroatoms. The predicted molar refractivity (Wildman–Crippen MR) is 89.6 cm³/mol. The molecule has 1 aromatic heterocycles. The van der Waals surface area contributed by atoms with Crippen LogP contribution in [0.5, 0.6) is 5.75 Å². The summed E-state index contributed by atoms with van der Waals surface area (Å²) in [6, 6.07) is 8.89. The molecule has 0 bridgehead atoms. The van der Waals surface area contributed by atoms with Crippen LogP contribution in [-0.2, 0) is 0 Å². The fourth-order valence-corrected chi connectivity index (χ4v) is 3.01. The molecule has 0 saturated heterocycles. The Labute approximate surface area is 142 Å². The van der Waals surface area contributed by atoms with Crippen molar-refractivity contribution in [2.24, 2.45) is 0 Å². The standard InChI is InChI=1S/C16H13Cl2N3O2/c1-9-6-10(2)16(12(18)7-9)23-8-14(22)21-15-11(17)4-3-5-13(15)19-20-21/h3-7H,8H2,1-2H3. The van der Waals surface area contributed by atoms with Crippen LogP contribution in [0, 0.1) is 13.8 Å². The average molecular weight is 350 g/mol. The molecule has 0 aliphatic carbocycles. The van der Waals surface area contributed by atoms with E-state index in [9.17, 15) is 4.79 Å². The number of carbonyl (C=O) groups excluding carboxylic acids is 1. The summed E-state index contributed by atoms with van der Waals surface area (Å²) in [5, 5.41) is 8.65. The normalized spacial score (nSPS) is 11.0. The Morgan fingerprint density at radius 1 is 1.22 bits per heavy atom. The van der Waals surface area contributed by atoms with Gasteiger partial charge < -0.3 is 4.74 Å². The summed E-state index contributed by atoms with van der Waals surface area (Å²) in [5.74, 6) is 0.109. The van der Waals surface area contributed by atoms with Crippen LogP contribution in [0.3, 0.4) is 0 Å². The predicted octanol–water partition coefficient (Wildman–Crippen LogP) is 4.07. The summed E-state index contributed by atoms with van der Waals surface area (Å²) in [7, 11) is 0. The van der Waals surface area contributed by atoms with Gasteiger partial charge in [-0.3, -0.25) is 4.79 Å². The van der Waals surface area contributed by atoms with E-state index in [1.54, 1.807) is 24.3 Å². The molecule has 0 unspecified atom stereocenters. The van der Waals surface area contributed by atoms with Crippen molar-refractivity contribution in [1.82, 2.24) is 15.0 Å². The molecule has 118 valence electrons. The monoisotopic (exact) mass is 349 g/mol. The minimum absolute atomic E-state index is 0.215. The van der Waals surface area contributed by atoms with Crippen molar-refractivity contribution in [3.05, 3.63) is 51.5 Å². The highest BCUT2D eigenvalue weighted by molar-refractivity contribution is 6.35. The lowest BCUT2D eigenvalue weighted by Crippen LogP contribution is -2.21. The second-order valence-electron chi connectivity index (χ2n) is 5.18. The lowest BCUT2D eigenvalue weighted by Gasteiger charge is -2.11. The van der Waals surface area contributed by atoms with Gasteiger partial charge in [-0.05, 0) is 43.2 Å². The van der Waals surface area contributed by atoms with E-state index in [0.29, 0.717) is 26.8 Å². The molecular weight excluding hydrogens is 337 g/mol. The number of hydrogen-bond acceptors (Lipinski definition) is 4. The molecule has 0 N–H and O–H groups in total. The Morgan fingerprint density at radius 3 is 2.74 bits per heavy atom. The van der Waals surface area contributed by atoms with Crippen molar-refractivity contribution in [2.45, 2.75) is 13.8 Å². The molecule has 23 heavy (non-hydrogen) atoms. The van der Waals surface area contributed by atoms with Gasteiger partial charge in [-0.2, -0.15) is 4.68 Å². The minimum atomic E-state index is -0.378. The topological polar surface area (TPSA) is 57.0 Å². The van der Waals surface area contributed by atoms with Crippen LogP contribution >= 0.6 is 23.2 Å². The van der Waals surface area contributed by atoms with E-state index in [0.717, 1.165) is 15.8 Å². The van der Waals surface area contributed by atoms with Crippen molar-refractivity contribution >= 4 is 40.1 Å². The third-order valence-corrected chi connectivity index (χ3v) is 3.95. The largest absolute Gasteiger partial charge is 0.482 e. The molecule has 0 radical (unpaired) electrons. The van der Waals surface area contributed by atoms with Crippen molar-refractivity contribution in [1.29, 1.82) is 0 Å². The van der Waals surface area contributed by atoms with Gasteiger partial charge in [-0.1, -0.05) is 40.5 Å². The number of aromatic nitrogens is 3. The van der Waals surface area contributed by atoms with E-state index >= 15 is 0 Å². The number of halogens is 2. The number of para-hydroxylation sites is 1. The van der Waals surface area contributed by atoms with Crippen LogP contribution in [0.25, 0.3) is 11.0 Å². The summed E-state index contributed by atoms with van der Waals surface area (Å²) in [4.78, 5) is 12.4. The van der Waals surface area contributed by atoms with Gasteiger partial charge in [0.2, 0.25) is 0 Å². The fourth-order valence-electron chi connectivity index (χ4n) is 2.39. The van der Waals surface area contributed by atoms with Crippen molar-refractivity contribution in [3.63, 3.8) is 0 Å². The molecule has 0 amide bonds. The van der Waals surface area contributed by atoms with Gasteiger partial charge in [0.15, 0.2) is 6.61 Å². The number of aryl methyl sites for hydroxylation is 2. The zero-order chi connectivity index (χ0) is 16.6. The number of fused-ring (bicyclic) bond motifs is 1. The molecule has 0 atom stereocenters. The number of rotatable bonds is 3. The van der Waals surface area contributed by atoms with E-state index in [4.69, 9.17) is 27.9 Å². The van der Waals surface area contributed by atoms with Crippen LogP contribution in [0.2, 0.25) is 10.0 Å². The number of nitrogens with zero attached hydrogens (tertiary/aromatic N) is 3. The third-order valence-electron chi connectivity index (χ3n) is 3.37. The Hall–Kier alpha value is -2.11. The van der Waals surface area contributed by atoms with Gasteiger partial charge in [0.05, 0.1) is 10.0 Å². The third kappa shape index (κ3) is 3.02. The molecule has 0 fully saturated rings. The maximum Gasteiger partial charge on any atom is 0.286 e. The Bertz CT molecular complexity index is 882. The van der Waals surface area contributed by atoms with Crippen molar-refractivity contribution in [2.75, 3.05) is 6.61 Å². The molecule has 3 rings (SSSR count). The number of hydrogen-bond donors (Lipinski definition) is 0. The minimum Gasteiger partial charge on any atom is -0.482 e. The first kappa shape index (κ1) is 15.8. The maximum atomic E-state index is 12.4. The smallest absolute Gasteiger partial charge is 0.286 e. The van der Waals surface area contributed by atoms with E-state index < -0.39 is 0 Å². The average Bonchev–Trinajstić information content (AvgIpc) is 2.91. The van der Waals surface area contributed by atoms with Gasteiger partial charge in [0.25, 0.3) is 5.91 Å². The molecule has 2 aromatic carbocycles. The van der Waals surface area contributed by atoms with Crippen molar-refractivity contribution < 1.29 is 9.53 Å². The van der Waals surface area contributed by atoms with E-state index in [1.807, 2.05) is 19.9 Å². The first-order valence-corrected chi connectivity index (χ1v) is 7.65. The SMILES string of the molecule is Cc1cc(C)c(OCC(=O)n2nnc3cccc(Cl)c32)c(Cl)c1. The lowest BCUT2D eigenvalue weighted by atomic mass is 10.1. The van der Waals surface area contributed by atoms with E-state index in [2.05, 4.69) is 10.3 Å². The fraction of sp³-hybridized carbons (Fsp3) is 0.188. The lowest BCUT2D eigenvalue weighted by molar-refractivity contribution is 0.0824. The van der Waals surface area contributed by atoms with Gasteiger partial charge in [-0.25, -0.2) is 0 Å². The summed E-state index contributed by atoms with van der Waals surface area (Å²) in [6.07, 6.45) is 0. The molecule has 1 heterocycles. The van der Waals surface area contributed by atoms with Crippen LogP contribution in [0.15, 0.2) is 30.3 Å². The first-order valence-electron chi connectivity index (χ1n) is 6.90. The van der Waals surface area contributed by atoms with E-state index in [1.165, 1.54) is 0 Å². The highest BCUT2D eigenvalue weighted by Crippen LogP contribution is 2.30. The highest BCUT2D eigenvalue weighted by Gasteiger charge is 2.16. The summed E-state index contributed by atoms with van der Waals surface area (Å²) in [6.45, 7) is 3.60. The number of carbonyl (C=O) groups is 1.